The van der Waals surface area contributed by atoms with Crippen LogP contribution in [0.15, 0.2) is 18.2 Å². The van der Waals surface area contributed by atoms with Crippen molar-refractivity contribution < 1.29 is 18.7 Å². The fourth-order valence-corrected chi connectivity index (χ4v) is 2.34. The number of nitrogens with two attached hydrogens (primary N) is 1. The lowest BCUT2D eigenvalue weighted by Gasteiger charge is -2.15. The van der Waals surface area contributed by atoms with E-state index in [4.69, 9.17) is 10.8 Å². The molecular weight excluding hydrogens is 264 g/mol. The van der Waals surface area contributed by atoms with Gasteiger partial charge in [-0.1, -0.05) is 19.4 Å². The molecule has 0 aliphatic carbocycles. The molecule has 0 saturated carbocycles. The van der Waals surface area contributed by atoms with Crippen LogP contribution >= 0.6 is 0 Å². The minimum Gasteiger partial charge on any atom is -0.481 e. The predicted molar refractivity (Wildman–Crippen MR) is 73.3 cm³/mol. The first kappa shape index (κ1) is 16.6. The highest BCUT2D eigenvalue weighted by Gasteiger charge is 2.13. The second-order valence-electron chi connectivity index (χ2n) is 5.29. The van der Waals surface area contributed by atoms with Gasteiger partial charge in [0.15, 0.2) is 0 Å². The summed E-state index contributed by atoms with van der Waals surface area (Å²) in [5, 5.41) is 8.62. The van der Waals surface area contributed by atoms with Gasteiger partial charge in [0.2, 0.25) is 0 Å². The average Bonchev–Trinajstić information content (AvgIpc) is 2.31. The molecule has 0 aliphatic rings. The summed E-state index contributed by atoms with van der Waals surface area (Å²) in [6.07, 6.45) is 2.31. The van der Waals surface area contributed by atoms with Crippen molar-refractivity contribution in [3.63, 3.8) is 0 Å². The Bertz CT molecular complexity index is 431. The second-order valence-corrected chi connectivity index (χ2v) is 5.29. The molecule has 3 N–H and O–H groups in total. The molecule has 0 amide bonds. The van der Waals surface area contributed by atoms with E-state index in [9.17, 15) is 13.6 Å². The molecular formula is C15H21F2NO2. The van der Waals surface area contributed by atoms with Gasteiger partial charge in [0.25, 0.3) is 0 Å². The lowest BCUT2D eigenvalue weighted by Crippen LogP contribution is -2.26. The van der Waals surface area contributed by atoms with Crippen LogP contribution in [0.5, 0.6) is 0 Å². The fraction of sp³-hybridized carbons (Fsp3) is 0.533. The molecule has 0 heterocycles. The predicted octanol–water partition coefficient (Wildman–Crippen LogP) is 3.12. The minimum absolute atomic E-state index is 0.0493. The lowest BCUT2D eigenvalue weighted by atomic mass is 9.94. The van der Waals surface area contributed by atoms with Crippen LogP contribution in [0.3, 0.4) is 0 Å². The molecule has 0 fully saturated rings. The molecule has 5 heteroatoms. The number of rotatable bonds is 8. The molecule has 0 bridgehead atoms. The maximum atomic E-state index is 13.4. The molecule has 1 aromatic rings. The zero-order chi connectivity index (χ0) is 15.1. The molecule has 0 aromatic heterocycles. The Hall–Kier alpha value is -1.49. The molecule has 20 heavy (non-hydrogen) atoms. The van der Waals surface area contributed by atoms with Crippen molar-refractivity contribution in [1.82, 2.24) is 0 Å². The van der Waals surface area contributed by atoms with Gasteiger partial charge in [0, 0.05) is 11.6 Å². The second kappa shape index (κ2) is 7.94. The van der Waals surface area contributed by atoms with Crippen LogP contribution in [-0.2, 0) is 11.2 Å². The van der Waals surface area contributed by atoms with Crippen LogP contribution in [0.1, 0.15) is 38.2 Å². The Kier molecular flexibility index (Phi) is 6.58. The number of aliphatic carboxylic acids is 1. The molecule has 0 aliphatic heterocycles. The Labute approximate surface area is 117 Å². The Balaban J connectivity index is 2.35. The van der Waals surface area contributed by atoms with Gasteiger partial charge in [-0.25, -0.2) is 8.78 Å². The van der Waals surface area contributed by atoms with Gasteiger partial charge in [0.1, 0.15) is 11.6 Å². The maximum Gasteiger partial charge on any atom is 0.304 e. The van der Waals surface area contributed by atoms with Crippen LogP contribution in [0, 0.1) is 17.6 Å². The molecule has 3 nitrogen and oxygen atoms in total. The van der Waals surface area contributed by atoms with E-state index in [1.807, 2.05) is 6.92 Å². The van der Waals surface area contributed by atoms with Crippen LogP contribution in [-0.4, -0.2) is 17.1 Å². The van der Waals surface area contributed by atoms with Crippen molar-refractivity contribution in [3.8, 4) is 0 Å². The quantitative estimate of drug-likeness (QED) is 0.771. The van der Waals surface area contributed by atoms with Crippen molar-refractivity contribution >= 4 is 5.97 Å². The molecule has 1 rings (SSSR count). The number of halogens is 2. The standard InChI is InChI=1S/C15H21F2NO2/c1-10(8-11(18)9-15(19)20)4-2-5-12-13(16)6-3-7-14(12)17/h3,6-7,10-11H,2,4-5,8-9,18H2,1H3,(H,19,20). The molecule has 0 radical (unpaired) electrons. The van der Waals surface area contributed by atoms with Crippen molar-refractivity contribution in [2.75, 3.05) is 0 Å². The summed E-state index contributed by atoms with van der Waals surface area (Å²) in [6.45, 7) is 1.97. The van der Waals surface area contributed by atoms with Crippen LogP contribution in [0.4, 0.5) is 8.78 Å². The van der Waals surface area contributed by atoms with E-state index in [1.54, 1.807) is 0 Å². The first-order valence-electron chi connectivity index (χ1n) is 6.80. The summed E-state index contributed by atoms with van der Waals surface area (Å²) in [4.78, 5) is 10.5. The number of benzene rings is 1. The number of carbonyl (C=O) groups is 1. The highest BCUT2D eigenvalue weighted by Crippen LogP contribution is 2.19. The van der Waals surface area contributed by atoms with E-state index in [0.29, 0.717) is 19.3 Å². The fourth-order valence-electron chi connectivity index (χ4n) is 2.34. The number of hydrogen-bond acceptors (Lipinski definition) is 2. The Morgan fingerprint density at radius 1 is 1.35 bits per heavy atom. The molecule has 0 saturated heterocycles. The normalized spacial score (nSPS) is 14.0. The Morgan fingerprint density at radius 3 is 2.50 bits per heavy atom. The summed E-state index contributed by atoms with van der Waals surface area (Å²) in [6, 6.07) is 3.49. The zero-order valence-corrected chi connectivity index (χ0v) is 11.6. The summed E-state index contributed by atoms with van der Waals surface area (Å²) in [5.74, 6) is -1.70. The third-order valence-corrected chi connectivity index (χ3v) is 3.33. The number of carboxylic acids is 1. The van der Waals surface area contributed by atoms with Crippen molar-refractivity contribution in [2.24, 2.45) is 11.7 Å². The van der Waals surface area contributed by atoms with Crippen LogP contribution in [0.2, 0.25) is 0 Å². The summed E-state index contributed by atoms with van der Waals surface area (Å²) in [7, 11) is 0. The number of hydrogen-bond donors (Lipinski definition) is 2. The molecule has 0 spiro atoms. The van der Waals surface area contributed by atoms with Gasteiger partial charge < -0.3 is 10.8 Å². The molecule has 2 unspecified atom stereocenters. The lowest BCUT2D eigenvalue weighted by molar-refractivity contribution is -0.137. The van der Waals surface area contributed by atoms with E-state index in [1.165, 1.54) is 18.2 Å². The molecule has 1 aromatic carbocycles. The van der Waals surface area contributed by atoms with Crippen molar-refractivity contribution in [1.29, 1.82) is 0 Å². The Morgan fingerprint density at radius 2 is 1.95 bits per heavy atom. The largest absolute Gasteiger partial charge is 0.481 e. The van der Waals surface area contributed by atoms with Gasteiger partial charge in [-0.2, -0.15) is 0 Å². The smallest absolute Gasteiger partial charge is 0.304 e. The molecule has 2 atom stereocenters. The minimum atomic E-state index is -0.905. The topological polar surface area (TPSA) is 63.3 Å². The van der Waals surface area contributed by atoms with E-state index >= 15 is 0 Å². The van der Waals surface area contributed by atoms with Crippen LogP contribution in [0.25, 0.3) is 0 Å². The maximum absolute atomic E-state index is 13.4. The SMILES string of the molecule is CC(CCCc1c(F)cccc1F)CC(N)CC(=O)O. The first-order valence-corrected chi connectivity index (χ1v) is 6.80. The summed E-state index contributed by atoms with van der Waals surface area (Å²) < 4.78 is 26.8. The monoisotopic (exact) mass is 285 g/mol. The van der Waals surface area contributed by atoms with Gasteiger partial charge in [-0.15, -0.1) is 0 Å². The molecule has 112 valence electrons. The van der Waals surface area contributed by atoms with Crippen LogP contribution < -0.4 is 5.73 Å². The zero-order valence-electron chi connectivity index (χ0n) is 11.6. The van der Waals surface area contributed by atoms with Gasteiger partial charge in [-0.05, 0) is 37.3 Å². The number of carboxylic acid groups (broad SMARTS) is 1. The average molecular weight is 285 g/mol. The highest BCUT2D eigenvalue weighted by atomic mass is 19.1. The first-order chi connectivity index (χ1) is 9.40. The van der Waals surface area contributed by atoms with Gasteiger partial charge in [0.05, 0.1) is 6.42 Å². The van der Waals surface area contributed by atoms with Crippen molar-refractivity contribution in [3.05, 3.63) is 35.4 Å². The van der Waals surface area contributed by atoms with Gasteiger partial charge >= 0.3 is 5.97 Å². The van der Waals surface area contributed by atoms with Gasteiger partial charge in [-0.3, -0.25) is 4.79 Å². The summed E-state index contributed by atoms with van der Waals surface area (Å²) in [5.41, 5.74) is 5.83. The van der Waals surface area contributed by atoms with Crippen molar-refractivity contribution in [2.45, 2.75) is 45.1 Å². The summed E-state index contributed by atoms with van der Waals surface area (Å²) >= 11 is 0. The van der Waals surface area contributed by atoms with E-state index in [0.717, 1.165) is 6.42 Å². The van der Waals surface area contributed by atoms with E-state index in [2.05, 4.69) is 0 Å². The van der Waals surface area contributed by atoms with E-state index < -0.39 is 17.6 Å². The third kappa shape index (κ3) is 5.65. The third-order valence-electron chi connectivity index (χ3n) is 3.33. The highest BCUT2D eigenvalue weighted by molar-refractivity contribution is 5.67. The van der Waals surface area contributed by atoms with E-state index in [-0.39, 0.29) is 23.9 Å².